The largest absolute Gasteiger partial charge is 0.484 e. The highest BCUT2D eigenvalue weighted by Crippen LogP contribution is 2.41. The quantitative estimate of drug-likeness (QED) is 0.615. The van der Waals surface area contributed by atoms with Crippen LogP contribution in [-0.4, -0.2) is 45.8 Å². The normalized spacial score (nSPS) is 17.8. The van der Waals surface area contributed by atoms with Crippen LogP contribution in [0.5, 0.6) is 5.75 Å². The molecule has 1 unspecified atom stereocenters. The van der Waals surface area contributed by atoms with Crippen LogP contribution in [0.1, 0.15) is 30.9 Å². The first kappa shape index (κ1) is 19.5. The maximum atomic E-state index is 13.1. The van der Waals surface area contributed by atoms with Gasteiger partial charge in [0.15, 0.2) is 6.61 Å². The molecule has 6 nitrogen and oxygen atoms in total. The van der Waals surface area contributed by atoms with E-state index in [1.54, 1.807) is 0 Å². The van der Waals surface area contributed by atoms with E-state index in [1.165, 1.54) is 5.56 Å². The number of ether oxygens (including phenoxy) is 1. The van der Waals surface area contributed by atoms with Crippen molar-refractivity contribution in [3.05, 3.63) is 72.7 Å². The summed E-state index contributed by atoms with van der Waals surface area (Å²) in [5.74, 6) is 0.937. The fourth-order valence-corrected chi connectivity index (χ4v) is 4.70. The molecule has 0 aliphatic carbocycles. The number of fused-ring (bicyclic) bond motifs is 3. The lowest BCUT2D eigenvalue weighted by atomic mass is 9.87. The molecule has 1 saturated heterocycles. The zero-order chi connectivity index (χ0) is 21.2. The number of likely N-dealkylation sites (tertiary alicyclic amines) is 1. The molecular formula is C25H25N3O3. The Morgan fingerprint density at radius 1 is 1.00 bits per heavy atom. The van der Waals surface area contributed by atoms with Gasteiger partial charge in [-0.1, -0.05) is 42.5 Å². The number of hydrogen-bond donors (Lipinski definition) is 0. The Bertz CT molecular complexity index is 1080. The predicted molar refractivity (Wildman–Crippen MR) is 117 cm³/mol. The van der Waals surface area contributed by atoms with Gasteiger partial charge in [-0.3, -0.25) is 9.59 Å². The van der Waals surface area contributed by atoms with Crippen molar-refractivity contribution in [1.29, 1.82) is 0 Å². The van der Waals surface area contributed by atoms with E-state index in [4.69, 9.17) is 4.74 Å². The van der Waals surface area contributed by atoms with Crippen LogP contribution in [0.15, 0.2) is 67.1 Å². The van der Waals surface area contributed by atoms with E-state index >= 15 is 0 Å². The van der Waals surface area contributed by atoms with Crippen LogP contribution in [0.25, 0.3) is 11.3 Å². The summed E-state index contributed by atoms with van der Waals surface area (Å²) in [6, 6.07) is 17.6. The highest BCUT2D eigenvalue weighted by Gasteiger charge is 2.33. The van der Waals surface area contributed by atoms with Crippen LogP contribution in [0.3, 0.4) is 0 Å². The van der Waals surface area contributed by atoms with Gasteiger partial charge in [-0.05, 0) is 30.5 Å². The number of piperidine rings is 1. The molecule has 6 heteroatoms. The second-order valence-electron chi connectivity index (χ2n) is 8.22. The van der Waals surface area contributed by atoms with Gasteiger partial charge in [0.25, 0.3) is 5.91 Å². The molecule has 31 heavy (non-hydrogen) atoms. The van der Waals surface area contributed by atoms with Crippen molar-refractivity contribution < 1.29 is 14.3 Å². The number of hydrogen-bond acceptors (Lipinski definition) is 4. The molecule has 0 radical (unpaired) electrons. The molecule has 1 aromatic heterocycles. The zero-order valence-electron chi connectivity index (χ0n) is 17.3. The third-order valence-electron chi connectivity index (χ3n) is 6.40. The number of para-hydroxylation sites is 1. The third kappa shape index (κ3) is 3.85. The Hall–Kier alpha value is -3.41. The highest BCUT2D eigenvalue weighted by atomic mass is 16.5. The van der Waals surface area contributed by atoms with Crippen molar-refractivity contribution in [1.82, 2.24) is 14.5 Å². The van der Waals surface area contributed by atoms with Gasteiger partial charge < -0.3 is 14.2 Å². The Labute approximate surface area is 181 Å². The van der Waals surface area contributed by atoms with Crippen molar-refractivity contribution in [2.45, 2.75) is 25.3 Å². The van der Waals surface area contributed by atoms with Gasteiger partial charge in [-0.2, -0.15) is 0 Å². The molecule has 1 fully saturated rings. The Balaban J connectivity index is 1.16. The number of Topliss-reactive ketones (excluding diaryl/α,β-unsaturated/α-hetero) is 1. The van der Waals surface area contributed by atoms with Gasteiger partial charge >= 0.3 is 0 Å². The fraction of sp³-hybridized carbons (Fsp3) is 0.320. The van der Waals surface area contributed by atoms with E-state index in [0.717, 1.165) is 11.3 Å². The number of carbonyl (C=O) groups excluding carboxylic acids is 2. The minimum absolute atomic E-state index is 0.00109. The molecule has 2 aliphatic heterocycles. The number of imidazole rings is 1. The zero-order valence-corrected chi connectivity index (χ0v) is 17.3. The average Bonchev–Trinajstić information content (AvgIpc) is 3.41. The summed E-state index contributed by atoms with van der Waals surface area (Å²) >= 11 is 0. The molecule has 0 N–H and O–H groups in total. The molecule has 0 spiro atoms. The minimum atomic E-state index is -0.0254. The molecular weight excluding hydrogens is 390 g/mol. The van der Waals surface area contributed by atoms with Crippen molar-refractivity contribution in [2.75, 3.05) is 19.7 Å². The lowest BCUT2D eigenvalue weighted by Crippen LogP contribution is -2.42. The molecule has 0 bridgehead atoms. The maximum absolute atomic E-state index is 13.1. The Kier molecular flexibility index (Phi) is 5.28. The third-order valence-corrected chi connectivity index (χ3v) is 6.40. The molecule has 0 saturated carbocycles. The maximum Gasteiger partial charge on any atom is 0.260 e. The number of nitrogens with zero attached hydrogens (tertiary/aromatic N) is 3. The number of benzene rings is 2. The number of ketones is 1. The first-order valence-corrected chi connectivity index (χ1v) is 10.8. The fourth-order valence-electron chi connectivity index (χ4n) is 4.70. The number of carbonyl (C=O) groups is 2. The van der Waals surface area contributed by atoms with E-state index in [2.05, 4.69) is 21.7 Å². The van der Waals surface area contributed by atoms with E-state index in [9.17, 15) is 9.59 Å². The van der Waals surface area contributed by atoms with E-state index < -0.39 is 0 Å². The molecule has 1 amide bonds. The summed E-state index contributed by atoms with van der Waals surface area (Å²) in [6.45, 7) is 1.24. The number of amides is 1. The molecule has 1 atom stereocenters. The van der Waals surface area contributed by atoms with Crippen LogP contribution in [0, 0.1) is 5.92 Å². The van der Waals surface area contributed by atoms with Crippen LogP contribution >= 0.6 is 0 Å². The van der Waals surface area contributed by atoms with Crippen LogP contribution in [0.4, 0.5) is 0 Å². The van der Waals surface area contributed by atoms with E-state index in [0.29, 0.717) is 38.1 Å². The van der Waals surface area contributed by atoms with Crippen molar-refractivity contribution in [3.8, 4) is 17.0 Å². The number of rotatable bonds is 6. The second-order valence-corrected chi connectivity index (χ2v) is 8.22. The van der Waals surface area contributed by atoms with Crippen molar-refractivity contribution >= 4 is 11.7 Å². The first-order chi connectivity index (χ1) is 15.2. The topological polar surface area (TPSA) is 64.4 Å². The van der Waals surface area contributed by atoms with Crippen LogP contribution in [-0.2, 0) is 9.59 Å². The SMILES string of the molecule is O=C(CC1c2ccccc2-c2cncn21)C1CCN(C(=O)COc2ccccc2)CC1. The first-order valence-electron chi connectivity index (χ1n) is 10.8. The van der Waals surface area contributed by atoms with Crippen LogP contribution < -0.4 is 4.74 Å². The summed E-state index contributed by atoms with van der Waals surface area (Å²) in [5.41, 5.74) is 3.43. The lowest BCUT2D eigenvalue weighted by Gasteiger charge is -2.31. The lowest BCUT2D eigenvalue weighted by molar-refractivity contribution is -0.137. The molecule has 3 heterocycles. The highest BCUT2D eigenvalue weighted by molar-refractivity contribution is 5.84. The summed E-state index contributed by atoms with van der Waals surface area (Å²) in [5, 5.41) is 0. The van der Waals surface area contributed by atoms with E-state index in [-0.39, 0.29) is 30.3 Å². The van der Waals surface area contributed by atoms with Gasteiger partial charge in [0, 0.05) is 31.0 Å². The summed E-state index contributed by atoms with van der Waals surface area (Å²) < 4.78 is 7.69. The van der Waals surface area contributed by atoms with Gasteiger partial charge in [-0.15, -0.1) is 0 Å². The van der Waals surface area contributed by atoms with Gasteiger partial charge in [0.1, 0.15) is 11.5 Å². The number of aromatic nitrogens is 2. The molecule has 5 rings (SSSR count). The minimum Gasteiger partial charge on any atom is -0.484 e. The van der Waals surface area contributed by atoms with Crippen molar-refractivity contribution in [2.24, 2.45) is 5.92 Å². The van der Waals surface area contributed by atoms with Crippen molar-refractivity contribution in [3.63, 3.8) is 0 Å². The summed E-state index contributed by atoms with van der Waals surface area (Å²) in [6.07, 6.45) is 5.57. The monoisotopic (exact) mass is 415 g/mol. The van der Waals surface area contributed by atoms with E-state index in [1.807, 2.05) is 59.9 Å². The molecule has 2 aliphatic rings. The second kappa shape index (κ2) is 8.38. The Morgan fingerprint density at radius 2 is 1.74 bits per heavy atom. The van der Waals surface area contributed by atoms with Gasteiger partial charge in [0.05, 0.1) is 24.3 Å². The standard InChI is InChI=1S/C25H25N3O3/c29-24(14-22-20-8-4-5-9-21(20)23-15-26-17-28(22)23)18-10-12-27(13-11-18)25(30)16-31-19-6-2-1-3-7-19/h1-9,15,17-18,22H,10-14,16H2. The van der Waals surface area contributed by atoms with Gasteiger partial charge in [0.2, 0.25) is 0 Å². The van der Waals surface area contributed by atoms with Crippen LogP contribution in [0.2, 0.25) is 0 Å². The molecule has 2 aromatic carbocycles. The smallest absolute Gasteiger partial charge is 0.260 e. The summed E-state index contributed by atoms with van der Waals surface area (Å²) in [7, 11) is 0. The predicted octanol–water partition coefficient (Wildman–Crippen LogP) is 3.73. The summed E-state index contributed by atoms with van der Waals surface area (Å²) in [4.78, 5) is 31.7. The average molecular weight is 415 g/mol. The molecule has 3 aromatic rings. The van der Waals surface area contributed by atoms with Gasteiger partial charge in [-0.25, -0.2) is 4.98 Å². The molecule has 158 valence electrons. The Morgan fingerprint density at radius 3 is 2.55 bits per heavy atom.